The Hall–Kier alpha value is -2.59. The molecule has 0 bridgehead atoms. The van der Waals surface area contributed by atoms with E-state index in [0.29, 0.717) is 0 Å². The maximum Gasteiger partial charge on any atom is 0.185 e. The Kier molecular flexibility index (Phi) is 10.2. The molecule has 1 N–H and O–H groups in total. The second kappa shape index (κ2) is 12.9. The topological polar surface area (TPSA) is 35.6 Å². The number of ketones is 1. The number of para-hydroxylation sites is 1. The minimum atomic E-state index is 0.0345. The van der Waals surface area contributed by atoms with E-state index in [1.165, 1.54) is 0 Å². The maximum absolute atomic E-state index is 12.8. The number of anilines is 2. The van der Waals surface area contributed by atoms with Crippen LogP contribution >= 0.6 is 0 Å². The molecule has 30 heavy (non-hydrogen) atoms. The van der Waals surface area contributed by atoms with E-state index in [9.17, 15) is 4.79 Å². The average molecular weight is 408 g/mol. The van der Waals surface area contributed by atoms with Crippen molar-refractivity contribution in [3.05, 3.63) is 65.7 Å². The van der Waals surface area contributed by atoms with Crippen LogP contribution in [0.15, 0.2) is 54.6 Å². The zero-order valence-electron chi connectivity index (χ0n) is 19.0. The van der Waals surface area contributed by atoms with Crippen LogP contribution in [0.25, 0.3) is 6.08 Å². The van der Waals surface area contributed by atoms with Crippen LogP contribution in [0, 0.1) is 0 Å². The third-order valence-electron chi connectivity index (χ3n) is 4.96. The Morgan fingerprint density at radius 2 is 1.70 bits per heavy atom. The minimum Gasteiger partial charge on any atom is -0.385 e. The summed E-state index contributed by atoms with van der Waals surface area (Å²) in [5.74, 6) is 0.0345. The summed E-state index contributed by atoms with van der Waals surface area (Å²) in [7, 11) is 4.17. The van der Waals surface area contributed by atoms with Gasteiger partial charge in [-0.3, -0.25) is 4.79 Å². The van der Waals surface area contributed by atoms with Crippen LogP contribution in [0.1, 0.15) is 49.0 Å². The van der Waals surface area contributed by atoms with Crippen molar-refractivity contribution < 1.29 is 4.79 Å². The molecule has 0 spiro atoms. The molecular formula is C26H37N3O. The van der Waals surface area contributed by atoms with Gasteiger partial charge in [0.05, 0.1) is 0 Å². The second-order valence-corrected chi connectivity index (χ2v) is 7.91. The number of carbonyl (C=O) groups is 1. The molecule has 2 rings (SSSR count). The fourth-order valence-electron chi connectivity index (χ4n) is 3.45. The first-order valence-electron chi connectivity index (χ1n) is 11.1. The molecule has 0 saturated heterocycles. The summed E-state index contributed by atoms with van der Waals surface area (Å²) in [6.45, 7) is 8.35. The molecule has 4 heteroatoms. The Bertz CT molecular complexity index is 807. The molecule has 0 aliphatic carbocycles. The number of allylic oxidation sites excluding steroid dienone is 1. The highest BCUT2D eigenvalue weighted by Gasteiger charge is 2.08. The molecule has 0 fully saturated rings. The first-order valence-corrected chi connectivity index (χ1v) is 11.1. The largest absolute Gasteiger partial charge is 0.385 e. The zero-order chi connectivity index (χ0) is 21.8. The third kappa shape index (κ3) is 7.68. The number of nitrogens with zero attached hydrogens (tertiary/aromatic N) is 2. The molecule has 162 valence electrons. The first-order chi connectivity index (χ1) is 14.5. The number of hydrogen-bond donors (Lipinski definition) is 1. The summed E-state index contributed by atoms with van der Waals surface area (Å²) in [6.07, 6.45) is 6.86. The van der Waals surface area contributed by atoms with Gasteiger partial charge in [-0.2, -0.15) is 0 Å². The van der Waals surface area contributed by atoms with Gasteiger partial charge in [0.2, 0.25) is 0 Å². The molecule has 0 atom stereocenters. The van der Waals surface area contributed by atoms with E-state index in [2.05, 4.69) is 55.2 Å². The molecule has 0 aliphatic heterocycles. The van der Waals surface area contributed by atoms with Crippen LogP contribution < -0.4 is 10.2 Å². The lowest BCUT2D eigenvalue weighted by Crippen LogP contribution is -2.24. The van der Waals surface area contributed by atoms with E-state index < -0.39 is 0 Å². The number of rotatable bonds is 13. The normalized spacial score (nSPS) is 11.2. The van der Waals surface area contributed by atoms with Gasteiger partial charge in [0.15, 0.2) is 5.78 Å². The zero-order valence-corrected chi connectivity index (χ0v) is 19.0. The standard InChI is InChI=1S/C26H37N3O/c1-5-18-29(19-6-2)24-13-9-12-23(21-24)26(30)16-15-22-11-7-8-14-25(22)27-17-10-20-28(3)4/h7-9,11-16,21,27H,5-6,10,17-20H2,1-4H3/b16-15+. The summed E-state index contributed by atoms with van der Waals surface area (Å²) in [4.78, 5) is 17.4. The van der Waals surface area contributed by atoms with Gasteiger partial charge < -0.3 is 15.1 Å². The van der Waals surface area contributed by atoms with E-state index >= 15 is 0 Å². The minimum absolute atomic E-state index is 0.0345. The Morgan fingerprint density at radius 3 is 2.40 bits per heavy atom. The molecule has 0 heterocycles. The predicted molar refractivity (Wildman–Crippen MR) is 131 cm³/mol. The van der Waals surface area contributed by atoms with E-state index in [4.69, 9.17) is 0 Å². The van der Waals surface area contributed by atoms with Gasteiger partial charge in [-0.1, -0.05) is 44.2 Å². The Balaban J connectivity index is 2.08. The lowest BCUT2D eigenvalue weighted by atomic mass is 10.1. The summed E-state index contributed by atoms with van der Waals surface area (Å²) in [6, 6.07) is 16.1. The lowest BCUT2D eigenvalue weighted by molar-refractivity contribution is 0.104. The van der Waals surface area contributed by atoms with Gasteiger partial charge in [-0.05, 0) is 75.8 Å². The molecule has 2 aromatic carbocycles. The smallest absolute Gasteiger partial charge is 0.185 e. The molecule has 0 aliphatic rings. The number of benzene rings is 2. The molecule has 0 saturated carbocycles. The fraction of sp³-hybridized carbons (Fsp3) is 0.423. The highest BCUT2D eigenvalue weighted by molar-refractivity contribution is 6.07. The SMILES string of the molecule is CCCN(CCC)c1cccc(C(=O)/C=C/c2ccccc2NCCCN(C)C)c1. The average Bonchev–Trinajstić information content (AvgIpc) is 2.75. The second-order valence-electron chi connectivity index (χ2n) is 7.91. The van der Waals surface area contributed by atoms with Gasteiger partial charge in [-0.15, -0.1) is 0 Å². The van der Waals surface area contributed by atoms with E-state index in [1.807, 2.05) is 42.5 Å². The monoisotopic (exact) mass is 407 g/mol. The van der Waals surface area contributed by atoms with Crippen LogP contribution in [0.5, 0.6) is 0 Å². The molecule has 0 unspecified atom stereocenters. The van der Waals surface area contributed by atoms with Crippen molar-refractivity contribution in [3.63, 3.8) is 0 Å². The van der Waals surface area contributed by atoms with E-state index in [-0.39, 0.29) is 5.78 Å². The van der Waals surface area contributed by atoms with E-state index in [1.54, 1.807) is 6.08 Å². The predicted octanol–water partition coefficient (Wildman–Crippen LogP) is 5.57. The highest BCUT2D eigenvalue weighted by Crippen LogP contribution is 2.20. The van der Waals surface area contributed by atoms with Crippen LogP contribution in [0.3, 0.4) is 0 Å². The summed E-state index contributed by atoms with van der Waals surface area (Å²) < 4.78 is 0. The third-order valence-corrected chi connectivity index (χ3v) is 4.96. The van der Waals surface area contributed by atoms with Crippen LogP contribution in [-0.2, 0) is 0 Å². The van der Waals surface area contributed by atoms with Crippen LogP contribution in [-0.4, -0.2) is 51.0 Å². The Labute approximate surface area is 182 Å². The Morgan fingerprint density at radius 1 is 0.967 bits per heavy atom. The first kappa shape index (κ1) is 23.7. The van der Waals surface area contributed by atoms with Crippen LogP contribution in [0.2, 0.25) is 0 Å². The summed E-state index contributed by atoms with van der Waals surface area (Å²) in [5, 5.41) is 3.49. The maximum atomic E-state index is 12.8. The summed E-state index contributed by atoms with van der Waals surface area (Å²) >= 11 is 0. The van der Waals surface area contributed by atoms with Crippen molar-refractivity contribution in [1.82, 2.24) is 4.90 Å². The van der Waals surface area contributed by atoms with Crippen molar-refractivity contribution in [2.75, 3.05) is 50.5 Å². The van der Waals surface area contributed by atoms with Gasteiger partial charge in [0.1, 0.15) is 0 Å². The van der Waals surface area contributed by atoms with Crippen molar-refractivity contribution in [3.8, 4) is 0 Å². The van der Waals surface area contributed by atoms with Crippen LogP contribution in [0.4, 0.5) is 11.4 Å². The summed E-state index contributed by atoms with van der Waals surface area (Å²) in [5.41, 5.74) is 3.95. The van der Waals surface area contributed by atoms with Crippen molar-refractivity contribution in [2.24, 2.45) is 0 Å². The fourth-order valence-corrected chi connectivity index (χ4v) is 3.45. The lowest BCUT2D eigenvalue weighted by Gasteiger charge is -2.24. The van der Waals surface area contributed by atoms with Gasteiger partial charge in [0, 0.05) is 36.6 Å². The number of nitrogens with one attached hydrogen (secondary N) is 1. The number of hydrogen-bond acceptors (Lipinski definition) is 4. The van der Waals surface area contributed by atoms with Gasteiger partial charge >= 0.3 is 0 Å². The molecule has 0 amide bonds. The quantitative estimate of drug-likeness (QED) is 0.267. The molecule has 0 radical (unpaired) electrons. The van der Waals surface area contributed by atoms with Crippen molar-refractivity contribution in [1.29, 1.82) is 0 Å². The number of carbonyl (C=O) groups excluding carboxylic acids is 1. The molecular weight excluding hydrogens is 370 g/mol. The van der Waals surface area contributed by atoms with Crippen molar-refractivity contribution >= 4 is 23.2 Å². The van der Waals surface area contributed by atoms with Crippen molar-refractivity contribution in [2.45, 2.75) is 33.1 Å². The molecule has 0 aromatic heterocycles. The highest BCUT2D eigenvalue weighted by atomic mass is 16.1. The van der Waals surface area contributed by atoms with E-state index in [0.717, 1.165) is 67.9 Å². The van der Waals surface area contributed by atoms with Gasteiger partial charge in [0.25, 0.3) is 0 Å². The molecule has 2 aromatic rings. The van der Waals surface area contributed by atoms with Gasteiger partial charge in [-0.25, -0.2) is 0 Å². The molecule has 4 nitrogen and oxygen atoms in total.